The van der Waals surface area contributed by atoms with Crippen molar-refractivity contribution >= 4 is 22.7 Å². The molecule has 1 aliphatic rings. The highest BCUT2D eigenvalue weighted by atomic mass is 16.6. The largest absolute Gasteiger partial charge is 0.269 e. The van der Waals surface area contributed by atoms with Crippen molar-refractivity contribution in [2.24, 2.45) is 5.10 Å². The minimum absolute atomic E-state index is 0.00417. The summed E-state index contributed by atoms with van der Waals surface area (Å²) >= 11 is 0. The standard InChI is InChI=1S/C18H14N4O2/c19-13-15(14-6-8-18(9-7-14)22(23)24)12-16-10-11-21(20-16)17-4-2-1-3-5-17/h1-9,12H,10-11H2/b15-12+. The SMILES string of the molecule is N#C/C(=C\C1=NN(c2ccccc2)CC1)c1ccc([N+](=O)[O-])cc1. The number of hydrazone groups is 1. The lowest BCUT2D eigenvalue weighted by molar-refractivity contribution is -0.384. The number of para-hydroxylation sites is 1. The van der Waals surface area contributed by atoms with Crippen LogP contribution in [-0.4, -0.2) is 17.2 Å². The number of non-ortho nitro benzene ring substituents is 1. The molecule has 0 saturated heterocycles. The van der Waals surface area contributed by atoms with Crippen molar-refractivity contribution in [1.29, 1.82) is 5.26 Å². The van der Waals surface area contributed by atoms with Gasteiger partial charge < -0.3 is 0 Å². The summed E-state index contributed by atoms with van der Waals surface area (Å²) in [5, 5.41) is 26.5. The molecule has 0 bridgehead atoms. The summed E-state index contributed by atoms with van der Waals surface area (Å²) in [4.78, 5) is 10.2. The maximum absolute atomic E-state index is 10.7. The number of nitrogens with zero attached hydrogens (tertiary/aromatic N) is 4. The van der Waals surface area contributed by atoms with Crippen LogP contribution in [0.2, 0.25) is 0 Å². The second-order valence-electron chi connectivity index (χ2n) is 5.27. The zero-order chi connectivity index (χ0) is 16.9. The predicted octanol–water partition coefficient (Wildman–Crippen LogP) is 3.77. The number of nitriles is 1. The van der Waals surface area contributed by atoms with E-state index in [0.717, 1.165) is 24.4 Å². The fraction of sp³-hybridized carbons (Fsp3) is 0.111. The molecule has 0 saturated carbocycles. The Morgan fingerprint density at radius 1 is 1.21 bits per heavy atom. The van der Waals surface area contributed by atoms with Crippen molar-refractivity contribution in [1.82, 2.24) is 0 Å². The highest BCUT2D eigenvalue weighted by Crippen LogP contribution is 2.22. The van der Waals surface area contributed by atoms with E-state index in [9.17, 15) is 15.4 Å². The van der Waals surface area contributed by atoms with Gasteiger partial charge in [0.1, 0.15) is 0 Å². The number of allylic oxidation sites excluding steroid dienone is 2. The molecule has 0 atom stereocenters. The van der Waals surface area contributed by atoms with E-state index in [-0.39, 0.29) is 5.69 Å². The van der Waals surface area contributed by atoms with Gasteiger partial charge in [0.2, 0.25) is 0 Å². The first-order chi connectivity index (χ1) is 11.7. The molecule has 0 radical (unpaired) electrons. The monoisotopic (exact) mass is 318 g/mol. The van der Waals surface area contributed by atoms with E-state index in [2.05, 4.69) is 11.2 Å². The summed E-state index contributed by atoms with van der Waals surface area (Å²) in [5.74, 6) is 0. The summed E-state index contributed by atoms with van der Waals surface area (Å²) in [5.41, 5.74) is 2.91. The molecule has 24 heavy (non-hydrogen) atoms. The van der Waals surface area contributed by atoms with Crippen molar-refractivity contribution in [2.75, 3.05) is 11.6 Å². The molecule has 2 aromatic carbocycles. The van der Waals surface area contributed by atoms with Crippen LogP contribution in [0.25, 0.3) is 5.57 Å². The molecule has 6 nitrogen and oxygen atoms in total. The van der Waals surface area contributed by atoms with Crippen molar-refractivity contribution in [3.05, 3.63) is 76.4 Å². The third-order valence-electron chi connectivity index (χ3n) is 3.70. The molecule has 2 aromatic rings. The number of rotatable bonds is 4. The normalized spacial score (nSPS) is 14.2. The Labute approximate surface area is 139 Å². The van der Waals surface area contributed by atoms with E-state index in [0.29, 0.717) is 11.1 Å². The predicted molar refractivity (Wildman–Crippen MR) is 92.5 cm³/mol. The van der Waals surface area contributed by atoms with Crippen molar-refractivity contribution in [2.45, 2.75) is 6.42 Å². The van der Waals surface area contributed by atoms with E-state index in [1.807, 2.05) is 35.3 Å². The van der Waals surface area contributed by atoms with Crippen LogP contribution in [0.3, 0.4) is 0 Å². The van der Waals surface area contributed by atoms with Crippen LogP contribution in [-0.2, 0) is 0 Å². The second kappa shape index (κ2) is 6.75. The van der Waals surface area contributed by atoms with E-state index in [1.165, 1.54) is 12.1 Å². The Hall–Kier alpha value is -3.46. The molecule has 1 heterocycles. The molecule has 0 spiro atoms. The van der Waals surface area contributed by atoms with Gasteiger partial charge in [-0.3, -0.25) is 15.1 Å². The number of hydrogen-bond acceptors (Lipinski definition) is 5. The van der Waals surface area contributed by atoms with Crippen molar-refractivity contribution in [3.8, 4) is 6.07 Å². The third-order valence-corrected chi connectivity index (χ3v) is 3.70. The molecule has 118 valence electrons. The van der Waals surface area contributed by atoms with Gasteiger partial charge in [0.25, 0.3) is 5.69 Å². The summed E-state index contributed by atoms with van der Waals surface area (Å²) in [6.07, 6.45) is 2.48. The first-order valence-corrected chi connectivity index (χ1v) is 7.44. The van der Waals surface area contributed by atoms with Gasteiger partial charge in [-0.05, 0) is 35.9 Å². The summed E-state index contributed by atoms with van der Waals surface area (Å²) in [7, 11) is 0. The zero-order valence-electron chi connectivity index (χ0n) is 12.8. The molecule has 3 rings (SSSR count). The van der Waals surface area contributed by atoms with Crippen molar-refractivity contribution < 1.29 is 4.92 Å². The first kappa shape index (κ1) is 15.4. The highest BCUT2D eigenvalue weighted by Gasteiger charge is 2.15. The third kappa shape index (κ3) is 3.31. The van der Waals surface area contributed by atoms with E-state index >= 15 is 0 Å². The van der Waals surface area contributed by atoms with Crippen LogP contribution in [0.5, 0.6) is 0 Å². The van der Waals surface area contributed by atoms with Gasteiger partial charge in [0.15, 0.2) is 0 Å². The molecule has 6 heteroatoms. The van der Waals surface area contributed by atoms with Crippen LogP contribution in [0, 0.1) is 21.4 Å². The van der Waals surface area contributed by atoms with Gasteiger partial charge in [-0.1, -0.05) is 18.2 Å². The van der Waals surface area contributed by atoms with Gasteiger partial charge in [0, 0.05) is 25.1 Å². The molecular formula is C18H14N4O2. The van der Waals surface area contributed by atoms with Crippen LogP contribution >= 0.6 is 0 Å². The summed E-state index contributed by atoms with van der Waals surface area (Å²) < 4.78 is 0. The average Bonchev–Trinajstić information content (AvgIpc) is 3.09. The van der Waals surface area contributed by atoms with Gasteiger partial charge in [0.05, 0.1) is 28.0 Å². The highest BCUT2D eigenvalue weighted by molar-refractivity contribution is 6.04. The maximum Gasteiger partial charge on any atom is 0.269 e. The van der Waals surface area contributed by atoms with Crippen molar-refractivity contribution in [3.63, 3.8) is 0 Å². The first-order valence-electron chi connectivity index (χ1n) is 7.44. The molecule has 0 N–H and O–H groups in total. The lowest BCUT2D eigenvalue weighted by Crippen LogP contribution is -2.11. The molecular weight excluding hydrogens is 304 g/mol. The number of nitro benzene ring substituents is 1. The van der Waals surface area contributed by atoms with Gasteiger partial charge in [-0.25, -0.2) is 0 Å². The van der Waals surface area contributed by atoms with E-state index in [1.54, 1.807) is 18.2 Å². The molecule has 0 aromatic heterocycles. The number of benzene rings is 2. The zero-order valence-corrected chi connectivity index (χ0v) is 12.8. The minimum Gasteiger partial charge on any atom is -0.265 e. The molecule has 1 aliphatic heterocycles. The lowest BCUT2D eigenvalue weighted by Gasteiger charge is -2.12. The summed E-state index contributed by atoms with van der Waals surface area (Å²) in [6.45, 7) is 0.759. The number of anilines is 1. The van der Waals surface area contributed by atoms with Gasteiger partial charge in [-0.15, -0.1) is 0 Å². The van der Waals surface area contributed by atoms with Crippen LogP contribution < -0.4 is 5.01 Å². The molecule has 0 fully saturated rings. The molecule has 0 unspecified atom stereocenters. The Morgan fingerprint density at radius 2 is 1.92 bits per heavy atom. The summed E-state index contributed by atoms with van der Waals surface area (Å²) in [6, 6.07) is 17.9. The Morgan fingerprint density at radius 3 is 2.54 bits per heavy atom. The average molecular weight is 318 g/mol. The van der Waals surface area contributed by atoms with Crippen LogP contribution in [0.15, 0.2) is 65.8 Å². The minimum atomic E-state index is -0.460. The fourth-order valence-corrected chi connectivity index (χ4v) is 2.47. The van der Waals surface area contributed by atoms with Gasteiger partial charge >= 0.3 is 0 Å². The van der Waals surface area contributed by atoms with Gasteiger partial charge in [-0.2, -0.15) is 10.4 Å². The maximum atomic E-state index is 10.7. The number of nitro groups is 1. The fourth-order valence-electron chi connectivity index (χ4n) is 2.47. The van der Waals surface area contributed by atoms with Crippen LogP contribution in [0.4, 0.5) is 11.4 Å². The smallest absolute Gasteiger partial charge is 0.265 e. The second-order valence-corrected chi connectivity index (χ2v) is 5.27. The van der Waals surface area contributed by atoms with E-state index < -0.39 is 4.92 Å². The van der Waals surface area contributed by atoms with E-state index in [4.69, 9.17) is 0 Å². The number of hydrogen-bond donors (Lipinski definition) is 0. The molecule has 0 amide bonds. The molecule has 0 aliphatic carbocycles. The quantitative estimate of drug-likeness (QED) is 0.488. The van der Waals surface area contributed by atoms with Crippen LogP contribution in [0.1, 0.15) is 12.0 Å². The lowest BCUT2D eigenvalue weighted by atomic mass is 10.0. The Balaban J connectivity index is 1.83. The Bertz CT molecular complexity index is 849. The topological polar surface area (TPSA) is 82.5 Å². The Kier molecular flexibility index (Phi) is 4.34.